The van der Waals surface area contributed by atoms with Crippen LogP contribution in [-0.2, 0) is 0 Å². The highest BCUT2D eigenvalue weighted by molar-refractivity contribution is 5.18. The Hall–Kier alpha value is -1.00. The van der Waals surface area contributed by atoms with Gasteiger partial charge in [0.05, 0.1) is 0 Å². The van der Waals surface area contributed by atoms with E-state index in [0.717, 1.165) is 11.3 Å². The van der Waals surface area contributed by atoms with Gasteiger partial charge < -0.3 is 10.8 Å². The summed E-state index contributed by atoms with van der Waals surface area (Å²) < 4.78 is 0. The molecular weight excluding hydrogens is 154 g/mol. The largest absolute Gasteiger partial charge is 0.396 e. The van der Waals surface area contributed by atoms with E-state index in [0.29, 0.717) is 6.42 Å². The highest BCUT2D eigenvalue weighted by Gasteiger charge is 2.08. The van der Waals surface area contributed by atoms with E-state index in [1.54, 1.807) is 6.20 Å². The van der Waals surface area contributed by atoms with E-state index < -0.39 is 0 Å². The first kappa shape index (κ1) is 9.09. The summed E-state index contributed by atoms with van der Waals surface area (Å²) in [7, 11) is 0. The Morgan fingerprint density at radius 2 is 2.42 bits per heavy atom. The first-order valence-electron chi connectivity index (χ1n) is 3.88. The quantitative estimate of drug-likeness (QED) is 0.673. The van der Waals surface area contributed by atoms with Crippen molar-refractivity contribution in [3.63, 3.8) is 0 Å². The van der Waals surface area contributed by atoms with Gasteiger partial charge in [-0.2, -0.15) is 0 Å². The number of nitrogens with zero attached hydrogens (tertiary/aromatic N) is 2. The van der Waals surface area contributed by atoms with Gasteiger partial charge in [-0.3, -0.25) is 0 Å². The second kappa shape index (κ2) is 4.13. The van der Waals surface area contributed by atoms with Crippen molar-refractivity contribution in [2.45, 2.75) is 19.4 Å². The molecule has 1 heterocycles. The van der Waals surface area contributed by atoms with Crippen LogP contribution < -0.4 is 5.73 Å². The van der Waals surface area contributed by atoms with Crippen LogP contribution in [0.5, 0.6) is 0 Å². The minimum absolute atomic E-state index is 0.0928. The van der Waals surface area contributed by atoms with Crippen LogP contribution in [-0.4, -0.2) is 21.7 Å². The zero-order valence-electron chi connectivity index (χ0n) is 7.07. The van der Waals surface area contributed by atoms with Crippen LogP contribution in [0.2, 0.25) is 0 Å². The summed E-state index contributed by atoms with van der Waals surface area (Å²) in [5.41, 5.74) is 7.56. The van der Waals surface area contributed by atoms with E-state index in [1.807, 2.05) is 6.92 Å². The van der Waals surface area contributed by atoms with Gasteiger partial charge >= 0.3 is 0 Å². The van der Waals surface area contributed by atoms with Crippen LogP contribution in [0.4, 0.5) is 0 Å². The lowest BCUT2D eigenvalue weighted by atomic mass is 10.1. The lowest BCUT2D eigenvalue weighted by molar-refractivity contribution is 0.276. The van der Waals surface area contributed by atoms with Crippen molar-refractivity contribution in [3.8, 4) is 0 Å². The van der Waals surface area contributed by atoms with Gasteiger partial charge in [0.2, 0.25) is 0 Å². The normalized spacial score (nSPS) is 12.9. The molecule has 3 N–H and O–H groups in total. The van der Waals surface area contributed by atoms with E-state index in [1.165, 1.54) is 6.33 Å². The number of aromatic nitrogens is 2. The van der Waals surface area contributed by atoms with E-state index in [2.05, 4.69) is 9.97 Å². The summed E-state index contributed by atoms with van der Waals surface area (Å²) in [4.78, 5) is 7.89. The molecule has 12 heavy (non-hydrogen) atoms. The van der Waals surface area contributed by atoms with Crippen molar-refractivity contribution in [2.75, 3.05) is 6.61 Å². The maximum absolute atomic E-state index is 8.67. The van der Waals surface area contributed by atoms with Gasteiger partial charge in [0, 0.05) is 30.1 Å². The molecule has 1 rings (SSSR count). The molecule has 0 aliphatic carbocycles. The Balaban J connectivity index is 2.79. The van der Waals surface area contributed by atoms with Gasteiger partial charge in [0.1, 0.15) is 6.33 Å². The molecule has 0 saturated heterocycles. The average molecular weight is 167 g/mol. The average Bonchev–Trinajstić information content (AvgIpc) is 2.05. The minimum Gasteiger partial charge on any atom is -0.396 e. The van der Waals surface area contributed by atoms with Crippen LogP contribution in [0, 0.1) is 6.92 Å². The van der Waals surface area contributed by atoms with Gasteiger partial charge in [-0.25, -0.2) is 9.97 Å². The Morgan fingerprint density at radius 3 is 3.00 bits per heavy atom. The Labute approximate surface area is 71.5 Å². The molecule has 1 aromatic heterocycles. The second-order valence-electron chi connectivity index (χ2n) is 2.68. The number of hydrogen-bond acceptors (Lipinski definition) is 4. The lowest BCUT2D eigenvalue weighted by Crippen LogP contribution is -2.14. The van der Waals surface area contributed by atoms with E-state index in [9.17, 15) is 0 Å². The molecule has 0 spiro atoms. The van der Waals surface area contributed by atoms with Crippen molar-refractivity contribution in [1.29, 1.82) is 0 Å². The molecule has 0 aliphatic heterocycles. The molecule has 4 heteroatoms. The van der Waals surface area contributed by atoms with Crippen LogP contribution in [0.1, 0.15) is 23.7 Å². The Kier molecular flexibility index (Phi) is 3.13. The minimum atomic E-state index is -0.156. The number of hydrogen-bond donors (Lipinski definition) is 2. The fourth-order valence-corrected chi connectivity index (χ4v) is 1.06. The van der Waals surface area contributed by atoms with Gasteiger partial charge in [-0.1, -0.05) is 0 Å². The third-order valence-corrected chi connectivity index (χ3v) is 1.79. The summed E-state index contributed by atoms with van der Waals surface area (Å²) in [6.07, 6.45) is 3.74. The topological polar surface area (TPSA) is 72.0 Å². The number of nitrogens with two attached hydrogens (primary N) is 1. The first-order valence-corrected chi connectivity index (χ1v) is 3.88. The number of aryl methyl sites for hydroxylation is 1. The lowest BCUT2D eigenvalue weighted by Gasteiger charge is -2.10. The Morgan fingerprint density at radius 1 is 1.67 bits per heavy atom. The van der Waals surface area contributed by atoms with Gasteiger partial charge in [0.15, 0.2) is 0 Å². The number of aliphatic hydroxyl groups excluding tert-OH is 1. The maximum Gasteiger partial charge on any atom is 0.115 e. The summed E-state index contributed by atoms with van der Waals surface area (Å²) in [6.45, 7) is 1.98. The fraction of sp³-hybridized carbons (Fsp3) is 0.500. The molecule has 4 nitrogen and oxygen atoms in total. The highest BCUT2D eigenvalue weighted by Crippen LogP contribution is 2.14. The summed E-state index contributed by atoms with van der Waals surface area (Å²) in [5, 5.41) is 8.67. The molecule has 1 atom stereocenters. The van der Waals surface area contributed by atoms with Crippen molar-refractivity contribution in [1.82, 2.24) is 9.97 Å². The molecule has 1 unspecified atom stereocenters. The monoisotopic (exact) mass is 167 g/mol. The number of rotatable bonds is 3. The van der Waals surface area contributed by atoms with Crippen molar-refractivity contribution in [2.24, 2.45) is 5.73 Å². The molecule has 0 aromatic carbocycles. The van der Waals surface area contributed by atoms with Crippen LogP contribution in [0.25, 0.3) is 0 Å². The van der Waals surface area contributed by atoms with Crippen molar-refractivity contribution >= 4 is 0 Å². The van der Waals surface area contributed by atoms with Gasteiger partial charge in [0.25, 0.3) is 0 Å². The van der Waals surface area contributed by atoms with Crippen LogP contribution in [0.3, 0.4) is 0 Å². The standard InChI is InChI=1S/C8H13N3O/c1-6-7(4-10-5-11-6)8(9)2-3-12/h4-5,8,12H,2-3,9H2,1H3. The first-order chi connectivity index (χ1) is 5.75. The van der Waals surface area contributed by atoms with E-state index in [-0.39, 0.29) is 12.6 Å². The summed E-state index contributed by atoms with van der Waals surface area (Å²) in [5.74, 6) is 0. The predicted molar refractivity (Wildman–Crippen MR) is 45.4 cm³/mol. The Bertz CT molecular complexity index is 252. The molecule has 0 saturated carbocycles. The molecule has 1 aromatic rings. The molecule has 0 aliphatic rings. The summed E-state index contributed by atoms with van der Waals surface area (Å²) in [6, 6.07) is -0.156. The SMILES string of the molecule is Cc1ncncc1C(N)CCO. The van der Waals surface area contributed by atoms with Crippen LogP contribution in [0.15, 0.2) is 12.5 Å². The fourth-order valence-electron chi connectivity index (χ4n) is 1.06. The highest BCUT2D eigenvalue weighted by atomic mass is 16.3. The molecule has 66 valence electrons. The van der Waals surface area contributed by atoms with Crippen LogP contribution >= 0.6 is 0 Å². The third kappa shape index (κ3) is 1.99. The smallest absolute Gasteiger partial charge is 0.115 e. The molecule has 0 radical (unpaired) electrons. The summed E-state index contributed by atoms with van der Waals surface area (Å²) >= 11 is 0. The van der Waals surface area contributed by atoms with Crippen molar-refractivity contribution in [3.05, 3.63) is 23.8 Å². The predicted octanol–water partition coefficient (Wildman–Crippen LogP) is 0.167. The third-order valence-electron chi connectivity index (χ3n) is 1.79. The zero-order chi connectivity index (χ0) is 8.97. The zero-order valence-corrected chi connectivity index (χ0v) is 7.07. The molecular formula is C8H13N3O. The van der Waals surface area contributed by atoms with E-state index >= 15 is 0 Å². The second-order valence-corrected chi connectivity index (χ2v) is 2.68. The van der Waals surface area contributed by atoms with Crippen molar-refractivity contribution < 1.29 is 5.11 Å². The molecule has 0 bridgehead atoms. The molecule has 0 fully saturated rings. The van der Waals surface area contributed by atoms with Gasteiger partial charge in [-0.15, -0.1) is 0 Å². The van der Waals surface area contributed by atoms with Gasteiger partial charge in [-0.05, 0) is 13.3 Å². The number of aliphatic hydroxyl groups is 1. The maximum atomic E-state index is 8.67. The molecule has 0 amide bonds. The van der Waals surface area contributed by atoms with E-state index in [4.69, 9.17) is 10.8 Å².